The molecule has 0 aliphatic rings. The molecule has 0 aliphatic carbocycles. The second-order valence-corrected chi connectivity index (χ2v) is 2.56. The monoisotopic (exact) mass is 186 g/mol. The molecule has 2 heterocycles. The third-order valence-corrected chi connectivity index (χ3v) is 1.63. The van der Waals surface area contributed by atoms with Gasteiger partial charge in [0.1, 0.15) is 18.1 Å². The highest BCUT2D eigenvalue weighted by molar-refractivity contribution is 5.36. The minimum absolute atomic E-state index is 0.195. The van der Waals surface area contributed by atoms with E-state index in [9.17, 15) is 0 Å². The molecule has 68 valence electrons. The maximum Gasteiger partial charge on any atom is 0.239 e. The molecule has 0 aromatic carbocycles. The number of hydrogen-bond acceptors (Lipinski definition) is 5. The molecule has 14 heavy (non-hydrogen) atoms. The highest BCUT2D eigenvalue weighted by Crippen LogP contribution is 2.06. The molecular formula is C8H6N6. The summed E-state index contributed by atoms with van der Waals surface area (Å²) in [5, 5.41) is 12.5. The zero-order valence-electron chi connectivity index (χ0n) is 7.12. The number of hydrogen-bond donors (Lipinski definition) is 1. The number of nitrogen functional groups attached to an aromatic ring is 1. The van der Waals surface area contributed by atoms with Gasteiger partial charge >= 0.3 is 0 Å². The van der Waals surface area contributed by atoms with Crippen LogP contribution in [0.2, 0.25) is 0 Å². The van der Waals surface area contributed by atoms with Gasteiger partial charge in [-0.15, -0.1) is 5.10 Å². The largest absolute Gasteiger partial charge is 0.366 e. The maximum absolute atomic E-state index is 8.63. The summed E-state index contributed by atoms with van der Waals surface area (Å²) in [7, 11) is 0. The van der Waals surface area contributed by atoms with Crippen molar-refractivity contribution in [2.75, 3.05) is 5.73 Å². The van der Waals surface area contributed by atoms with Crippen molar-refractivity contribution in [3.8, 4) is 11.8 Å². The van der Waals surface area contributed by atoms with Crippen LogP contribution in [0.3, 0.4) is 0 Å². The highest BCUT2D eigenvalue weighted by Gasteiger charge is 2.00. The van der Waals surface area contributed by atoms with Crippen molar-refractivity contribution in [1.82, 2.24) is 19.7 Å². The van der Waals surface area contributed by atoms with Crippen LogP contribution in [0, 0.1) is 11.3 Å². The molecule has 2 aromatic rings. The van der Waals surface area contributed by atoms with Crippen LogP contribution in [-0.4, -0.2) is 19.7 Å². The van der Waals surface area contributed by atoms with E-state index in [-0.39, 0.29) is 5.95 Å². The summed E-state index contributed by atoms with van der Waals surface area (Å²) in [5.41, 5.74) is 6.40. The summed E-state index contributed by atoms with van der Waals surface area (Å²) >= 11 is 0. The van der Waals surface area contributed by atoms with E-state index in [2.05, 4.69) is 15.1 Å². The van der Waals surface area contributed by atoms with Gasteiger partial charge in [-0.1, -0.05) is 0 Å². The lowest BCUT2D eigenvalue weighted by Crippen LogP contribution is -1.97. The first-order valence-corrected chi connectivity index (χ1v) is 3.83. The Morgan fingerprint density at radius 1 is 1.43 bits per heavy atom. The average molecular weight is 186 g/mol. The van der Waals surface area contributed by atoms with Crippen LogP contribution in [0.15, 0.2) is 24.7 Å². The van der Waals surface area contributed by atoms with Gasteiger partial charge in [0.15, 0.2) is 0 Å². The molecule has 0 saturated carbocycles. The zero-order chi connectivity index (χ0) is 9.97. The van der Waals surface area contributed by atoms with E-state index in [4.69, 9.17) is 11.0 Å². The Hall–Kier alpha value is -2.42. The molecule has 0 spiro atoms. The predicted molar refractivity (Wildman–Crippen MR) is 48.3 cm³/mol. The fourth-order valence-electron chi connectivity index (χ4n) is 1.02. The Bertz CT molecular complexity index is 495. The molecule has 6 heteroatoms. The summed E-state index contributed by atoms with van der Waals surface area (Å²) < 4.78 is 1.48. The van der Waals surface area contributed by atoms with Gasteiger partial charge in [-0.3, -0.25) is 0 Å². The molecular weight excluding hydrogens is 180 g/mol. The van der Waals surface area contributed by atoms with Gasteiger partial charge in [0.2, 0.25) is 5.95 Å². The second kappa shape index (κ2) is 3.14. The minimum atomic E-state index is 0.195. The number of nitrogens with zero attached hydrogens (tertiary/aromatic N) is 5. The Morgan fingerprint density at radius 3 is 2.93 bits per heavy atom. The van der Waals surface area contributed by atoms with Gasteiger partial charge in [-0.25, -0.2) is 14.6 Å². The van der Waals surface area contributed by atoms with Crippen molar-refractivity contribution < 1.29 is 0 Å². The van der Waals surface area contributed by atoms with Gasteiger partial charge in [0, 0.05) is 12.3 Å². The normalized spacial score (nSPS) is 9.64. The number of pyridine rings is 1. The standard InChI is InChI=1S/C8H6N6/c9-4-6-3-7(1-2-11-6)14-5-12-8(10)13-14/h1-3,5H,(H2,10,13). The number of aromatic nitrogens is 4. The smallest absolute Gasteiger partial charge is 0.239 e. The molecule has 0 radical (unpaired) electrons. The van der Waals surface area contributed by atoms with Crippen LogP contribution < -0.4 is 5.73 Å². The van der Waals surface area contributed by atoms with E-state index >= 15 is 0 Å². The molecule has 2 N–H and O–H groups in total. The van der Waals surface area contributed by atoms with Gasteiger partial charge in [-0.05, 0) is 6.07 Å². The van der Waals surface area contributed by atoms with Crippen LogP contribution >= 0.6 is 0 Å². The van der Waals surface area contributed by atoms with Crippen molar-refractivity contribution in [3.63, 3.8) is 0 Å². The zero-order valence-corrected chi connectivity index (χ0v) is 7.12. The topological polar surface area (TPSA) is 93.4 Å². The summed E-state index contributed by atoms with van der Waals surface area (Å²) in [4.78, 5) is 7.61. The van der Waals surface area contributed by atoms with E-state index < -0.39 is 0 Å². The first-order chi connectivity index (χ1) is 6.79. The number of nitrogens with two attached hydrogens (primary N) is 1. The van der Waals surface area contributed by atoms with Gasteiger partial charge in [-0.2, -0.15) is 5.26 Å². The lowest BCUT2D eigenvalue weighted by molar-refractivity contribution is 0.879. The third kappa shape index (κ3) is 1.38. The van der Waals surface area contributed by atoms with Crippen LogP contribution in [0.5, 0.6) is 0 Å². The van der Waals surface area contributed by atoms with Gasteiger partial charge in [0.05, 0.1) is 5.69 Å². The quantitative estimate of drug-likeness (QED) is 0.682. The number of nitriles is 1. The Labute approximate surface area is 79.6 Å². The van der Waals surface area contributed by atoms with Crippen molar-refractivity contribution in [2.24, 2.45) is 0 Å². The fraction of sp³-hybridized carbons (Fsp3) is 0. The lowest BCUT2D eigenvalue weighted by atomic mass is 10.3. The number of anilines is 1. The summed E-state index contributed by atoms with van der Waals surface area (Å²) in [5.74, 6) is 0.195. The predicted octanol–water partition coefficient (Wildman–Crippen LogP) is 0.116. The van der Waals surface area contributed by atoms with Crippen molar-refractivity contribution >= 4 is 5.95 Å². The summed E-state index contributed by atoms with van der Waals surface area (Å²) in [6, 6.07) is 5.26. The summed E-state index contributed by atoms with van der Waals surface area (Å²) in [6.45, 7) is 0. The van der Waals surface area contributed by atoms with E-state index in [1.165, 1.54) is 17.2 Å². The molecule has 0 atom stereocenters. The average Bonchev–Trinajstić information content (AvgIpc) is 2.65. The Balaban J connectivity index is 2.47. The van der Waals surface area contributed by atoms with Crippen molar-refractivity contribution in [2.45, 2.75) is 0 Å². The highest BCUT2D eigenvalue weighted by atomic mass is 15.4. The van der Waals surface area contributed by atoms with E-state index in [1.807, 2.05) is 6.07 Å². The maximum atomic E-state index is 8.63. The minimum Gasteiger partial charge on any atom is -0.366 e. The molecule has 0 unspecified atom stereocenters. The van der Waals surface area contributed by atoms with E-state index in [1.54, 1.807) is 12.1 Å². The Morgan fingerprint density at radius 2 is 2.29 bits per heavy atom. The van der Waals surface area contributed by atoms with Gasteiger partial charge in [0.25, 0.3) is 0 Å². The molecule has 2 rings (SSSR count). The second-order valence-electron chi connectivity index (χ2n) is 2.56. The molecule has 0 saturated heterocycles. The molecule has 0 fully saturated rings. The Kier molecular flexibility index (Phi) is 1.84. The molecule has 6 nitrogen and oxygen atoms in total. The molecule has 2 aromatic heterocycles. The van der Waals surface area contributed by atoms with Crippen LogP contribution in [0.4, 0.5) is 5.95 Å². The molecule has 0 bridgehead atoms. The summed E-state index contributed by atoms with van der Waals surface area (Å²) in [6.07, 6.45) is 3.01. The first kappa shape index (κ1) is 8.19. The van der Waals surface area contributed by atoms with Crippen molar-refractivity contribution in [1.29, 1.82) is 5.26 Å². The van der Waals surface area contributed by atoms with Gasteiger partial charge < -0.3 is 5.73 Å². The fourth-order valence-corrected chi connectivity index (χ4v) is 1.02. The van der Waals surface area contributed by atoms with Crippen LogP contribution in [-0.2, 0) is 0 Å². The third-order valence-electron chi connectivity index (χ3n) is 1.63. The van der Waals surface area contributed by atoms with Crippen LogP contribution in [0.25, 0.3) is 5.69 Å². The van der Waals surface area contributed by atoms with Crippen LogP contribution in [0.1, 0.15) is 5.69 Å². The SMILES string of the molecule is N#Cc1cc(-n2cnc(N)n2)ccn1. The lowest BCUT2D eigenvalue weighted by Gasteiger charge is -1.98. The van der Waals surface area contributed by atoms with Crippen molar-refractivity contribution in [3.05, 3.63) is 30.4 Å². The molecule has 0 aliphatic heterocycles. The van der Waals surface area contributed by atoms with E-state index in [0.717, 1.165) is 0 Å². The molecule has 0 amide bonds. The van der Waals surface area contributed by atoms with E-state index in [0.29, 0.717) is 11.4 Å². The first-order valence-electron chi connectivity index (χ1n) is 3.83. The number of rotatable bonds is 1.